The Morgan fingerprint density at radius 3 is 2.73 bits per heavy atom. The first-order valence-corrected chi connectivity index (χ1v) is 15.5. The summed E-state index contributed by atoms with van der Waals surface area (Å²) in [5, 5.41) is 21.1. The van der Waals surface area contributed by atoms with Gasteiger partial charge in [-0.3, -0.25) is 4.79 Å². The Morgan fingerprint density at radius 1 is 1.22 bits per heavy atom. The molecular weight excluding hydrogens is 534 g/mol. The van der Waals surface area contributed by atoms with Crippen LogP contribution in [-0.2, 0) is 22.4 Å². The number of hydrogen-bond acceptors (Lipinski definition) is 7. The average Bonchev–Trinajstić information content (AvgIpc) is 3.45. The summed E-state index contributed by atoms with van der Waals surface area (Å²) in [5.41, 5.74) is 4.57. The standard InChI is InChI=1S/C33H43N3O4S/c1-32(2,3)18-23-9-10-29-25(16-23)27(19-33(40-29)11-6-12-33)35-20-28(37)26(36-30(38)21-39-4)17-22-7-5-8-24(15-22)31-34-13-14-41-31/h5,7-10,13-16,26-28,35,37H,6,11-12,17-21H2,1-4H3,(H,36,38)/t26-,27+,28+/m1/s1. The van der Waals surface area contributed by atoms with Crippen LogP contribution in [0.4, 0.5) is 0 Å². The van der Waals surface area contributed by atoms with Crippen LogP contribution in [0, 0.1) is 5.41 Å². The summed E-state index contributed by atoms with van der Waals surface area (Å²) in [6.07, 6.45) is 6.63. The third kappa shape index (κ3) is 7.55. The molecule has 0 unspecified atom stereocenters. The Morgan fingerprint density at radius 2 is 2.05 bits per heavy atom. The van der Waals surface area contributed by atoms with Gasteiger partial charge < -0.3 is 25.2 Å². The van der Waals surface area contributed by atoms with E-state index in [0.717, 1.165) is 53.1 Å². The van der Waals surface area contributed by atoms with Gasteiger partial charge in [-0.15, -0.1) is 11.3 Å². The molecule has 0 saturated heterocycles. The quantitative estimate of drug-likeness (QED) is 0.280. The third-order valence-corrected chi connectivity index (χ3v) is 8.90. The number of benzene rings is 2. The lowest BCUT2D eigenvalue weighted by molar-refractivity contribution is -0.126. The molecule has 3 N–H and O–H groups in total. The van der Waals surface area contributed by atoms with E-state index in [4.69, 9.17) is 9.47 Å². The molecule has 5 rings (SSSR count). The lowest BCUT2D eigenvalue weighted by atomic mass is 9.72. The molecule has 3 aromatic rings. The predicted molar refractivity (Wildman–Crippen MR) is 163 cm³/mol. The van der Waals surface area contributed by atoms with Gasteiger partial charge in [0.15, 0.2) is 0 Å². The number of nitrogens with one attached hydrogen (secondary N) is 2. The summed E-state index contributed by atoms with van der Waals surface area (Å²) in [6.45, 7) is 7.05. The second-order valence-corrected chi connectivity index (χ2v) is 13.7. The van der Waals surface area contributed by atoms with Gasteiger partial charge in [-0.05, 0) is 60.8 Å². The zero-order chi connectivity index (χ0) is 29.0. The van der Waals surface area contributed by atoms with Crippen molar-refractivity contribution in [1.82, 2.24) is 15.6 Å². The van der Waals surface area contributed by atoms with Crippen LogP contribution in [0.1, 0.15) is 69.2 Å². The molecule has 1 saturated carbocycles. The van der Waals surface area contributed by atoms with Gasteiger partial charge in [0, 0.05) is 48.8 Å². The normalized spacial score (nSPS) is 19.1. The van der Waals surface area contributed by atoms with Gasteiger partial charge in [-0.1, -0.05) is 51.1 Å². The van der Waals surface area contributed by atoms with Crippen molar-refractivity contribution < 1.29 is 19.4 Å². The molecule has 1 aliphatic carbocycles. The van der Waals surface area contributed by atoms with Crippen LogP contribution in [0.2, 0.25) is 0 Å². The average molecular weight is 578 g/mol. The minimum Gasteiger partial charge on any atom is -0.487 e. The predicted octanol–water partition coefficient (Wildman–Crippen LogP) is 5.47. The summed E-state index contributed by atoms with van der Waals surface area (Å²) < 4.78 is 11.6. The number of aromatic nitrogens is 1. The van der Waals surface area contributed by atoms with E-state index < -0.39 is 12.1 Å². The number of thiazole rings is 1. The summed E-state index contributed by atoms with van der Waals surface area (Å²) in [5.74, 6) is 0.703. The highest BCUT2D eigenvalue weighted by molar-refractivity contribution is 7.13. The molecule has 220 valence electrons. The van der Waals surface area contributed by atoms with E-state index in [1.54, 1.807) is 17.5 Å². The second kappa shape index (κ2) is 12.6. The molecule has 41 heavy (non-hydrogen) atoms. The minimum absolute atomic E-state index is 0.0534. The number of methoxy groups -OCH3 is 1. The number of hydrogen-bond donors (Lipinski definition) is 3. The number of fused-ring (bicyclic) bond motifs is 1. The highest BCUT2D eigenvalue weighted by Gasteiger charge is 2.45. The molecule has 1 spiro atoms. The number of amides is 1. The first-order valence-electron chi connectivity index (χ1n) is 14.6. The van der Waals surface area contributed by atoms with Gasteiger partial charge >= 0.3 is 0 Å². The number of nitrogens with zero attached hydrogens (tertiary/aromatic N) is 1. The van der Waals surface area contributed by atoms with Crippen molar-refractivity contribution in [2.45, 2.75) is 83.1 Å². The molecule has 8 heteroatoms. The van der Waals surface area contributed by atoms with Crippen molar-refractivity contribution in [3.8, 4) is 16.3 Å². The number of carbonyl (C=O) groups excluding carboxylic acids is 1. The maximum atomic E-state index is 12.6. The number of aliphatic hydroxyl groups is 1. The first-order chi connectivity index (χ1) is 19.6. The summed E-state index contributed by atoms with van der Waals surface area (Å²) in [7, 11) is 1.50. The zero-order valence-corrected chi connectivity index (χ0v) is 25.4. The van der Waals surface area contributed by atoms with Crippen molar-refractivity contribution in [3.05, 3.63) is 70.7 Å². The highest BCUT2D eigenvalue weighted by Crippen LogP contribution is 2.49. The molecule has 2 heterocycles. The van der Waals surface area contributed by atoms with Crippen LogP contribution in [0.25, 0.3) is 10.6 Å². The zero-order valence-electron chi connectivity index (χ0n) is 24.6. The fraction of sp³-hybridized carbons (Fsp3) is 0.515. The van der Waals surface area contributed by atoms with Crippen LogP contribution >= 0.6 is 11.3 Å². The summed E-state index contributed by atoms with van der Waals surface area (Å²) in [6, 6.07) is 14.3. The molecule has 2 aromatic carbocycles. The molecule has 3 atom stereocenters. The lowest BCUT2D eigenvalue weighted by Crippen LogP contribution is -2.52. The van der Waals surface area contributed by atoms with Gasteiger partial charge in [0.25, 0.3) is 0 Å². The van der Waals surface area contributed by atoms with Gasteiger partial charge in [-0.2, -0.15) is 0 Å². The van der Waals surface area contributed by atoms with E-state index in [0.29, 0.717) is 13.0 Å². The Bertz CT molecular complexity index is 1320. The van der Waals surface area contributed by atoms with Gasteiger partial charge in [0.2, 0.25) is 5.91 Å². The van der Waals surface area contributed by atoms with E-state index in [-0.39, 0.29) is 29.6 Å². The second-order valence-electron chi connectivity index (χ2n) is 12.8. The molecule has 1 fully saturated rings. The maximum Gasteiger partial charge on any atom is 0.246 e. The molecule has 0 bridgehead atoms. The highest BCUT2D eigenvalue weighted by atomic mass is 32.1. The van der Waals surface area contributed by atoms with E-state index in [9.17, 15) is 9.90 Å². The fourth-order valence-corrected chi connectivity index (χ4v) is 6.66. The lowest BCUT2D eigenvalue weighted by Gasteiger charge is -2.48. The van der Waals surface area contributed by atoms with Crippen LogP contribution in [0.5, 0.6) is 5.75 Å². The van der Waals surface area contributed by atoms with Gasteiger partial charge in [0.05, 0.1) is 12.1 Å². The van der Waals surface area contributed by atoms with Crippen molar-refractivity contribution >= 4 is 17.2 Å². The molecule has 1 aromatic heterocycles. The smallest absolute Gasteiger partial charge is 0.246 e. The van der Waals surface area contributed by atoms with E-state index in [2.05, 4.69) is 60.7 Å². The van der Waals surface area contributed by atoms with Crippen LogP contribution in [-0.4, -0.2) is 54.0 Å². The first kappa shape index (κ1) is 29.7. The number of aliphatic hydroxyl groups excluding tert-OH is 1. The Balaban J connectivity index is 1.33. The molecule has 1 aliphatic heterocycles. The largest absolute Gasteiger partial charge is 0.487 e. The SMILES string of the molecule is COCC(=O)N[C@H](Cc1cccc(-c2nccs2)c1)[C@@H](O)CN[C@H]1CC2(CCC2)Oc2ccc(CC(C)(C)C)cc21. The summed E-state index contributed by atoms with van der Waals surface area (Å²) >= 11 is 1.59. The van der Waals surface area contributed by atoms with E-state index in [1.165, 1.54) is 19.1 Å². The number of carbonyl (C=O) groups is 1. The topological polar surface area (TPSA) is 92.7 Å². The molecular formula is C33H43N3O4S. The molecule has 1 amide bonds. The van der Waals surface area contributed by atoms with E-state index >= 15 is 0 Å². The Hall–Kier alpha value is -2.78. The minimum atomic E-state index is -0.805. The molecule has 7 nitrogen and oxygen atoms in total. The fourth-order valence-electron chi connectivity index (χ4n) is 6.02. The van der Waals surface area contributed by atoms with Gasteiger partial charge in [-0.25, -0.2) is 4.98 Å². The monoisotopic (exact) mass is 577 g/mol. The van der Waals surface area contributed by atoms with Crippen LogP contribution in [0.3, 0.4) is 0 Å². The van der Waals surface area contributed by atoms with E-state index in [1.807, 2.05) is 23.6 Å². The Kier molecular flexibility index (Phi) is 9.14. The summed E-state index contributed by atoms with van der Waals surface area (Å²) in [4.78, 5) is 17.0. The van der Waals surface area contributed by atoms with Crippen LogP contribution < -0.4 is 15.4 Å². The third-order valence-electron chi connectivity index (χ3n) is 8.07. The van der Waals surface area contributed by atoms with Gasteiger partial charge in [0.1, 0.15) is 23.0 Å². The van der Waals surface area contributed by atoms with Crippen molar-refractivity contribution in [2.24, 2.45) is 5.41 Å². The molecule has 2 aliphatic rings. The molecule has 0 radical (unpaired) electrons. The van der Waals surface area contributed by atoms with Crippen molar-refractivity contribution in [1.29, 1.82) is 0 Å². The van der Waals surface area contributed by atoms with Crippen molar-refractivity contribution in [3.63, 3.8) is 0 Å². The van der Waals surface area contributed by atoms with Crippen molar-refractivity contribution in [2.75, 3.05) is 20.3 Å². The van der Waals surface area contributed by atoms with Crippen LogP contribution in [0.15, 0.2) is 54.0 Å². The number of rotatable bonds is 11. The maximum absolute atomic E-state index is 12.6. The Labute approximate surface area is 247 Å². The number of ether oxygens (including phenoxy) is 2.